The summed E-state index contributed by atoms with van der Waals surface area (Å²) in [6.07, 6.45) is 0. The Labute approximate surface area is 87.4 Å². The highest BCUT2D eigenvalue weighted by molar-refractivity contribution is 5.67. The smallest absolute Gasteiger partial charge is 0.208 e. The summed E-state index contributed by atoms with van der Waals surface area (Å²) in [5.41, 5.74) is 6.74. The van der Waals surface area contributed by atoms with Crippen molar-refractivity contribution in [1.29, 1.82) is 0 Å². The minimum absolute atomic E-state index is 0.192. The highest BCUT2D eigenvalue weighted by Gasteiger charge is 2.13. The van der Waals surface area contributed by atoms with Crippen molar-refractivity contribution in [2.24, 2.45) is 5.73 Å². The van der Waals surface area contributed by atoms with Crippen LogP contribution in [0.2, 0.25) is 0 Å². The van der Waals surface area contributed by atoms with Crippen molar-refractivity contribution < 1.29 is 9.52 Å². The SMILES string of the molecule is Cc1oc(CN)nc1-c1ccccc1O. The molecule has 0 aliphatic heterocycles. The fourth-order valence-corrected chi connectivity index (χ4v) is 1.46. The summed E-state index contributed by atoms with van der Waals surface area (Å²) in [4.78, 5) is 4.21. The van der Waals surface area contributed by atoms with E-state index >= 15 is 0 Å². The van der Waals surface area contributed by atoms with Crippen LogP contribution in [0.15, 0.2) is 28.7 Å². The highest BCUT2D eigenvalue weighted by Crippen LogP contribution is 2.30. The Morgan fingerprint density at radius 1 is 1.40 bits per heavy atom. The summed E-state index contributed by atoms with van der Waals surface area (Å²) in [7, 11) is 0. The topological polar surface area (TPSA) is 72.3 Å². The van der Waals surface area contributed by atoms with Gasteiger partial charge in [-0.25, -0.2) is 4.98 Å². The molecule has 0 saturated carbocycles. The average molecular weight is 204 g/mol. The van der Waals surface area contributed by atoms with Crippen LogP contribution in [0.3, 0.4) is 0 Å². The highest BCUT2D eigenvalue weighted by atomic mass is 16.4. The molecule has 3 N–H and O–H groups in total. The third-order valence-corrected chi connectivity index (χ3v) is 2.17. The Bertz CT molecular complexity index is 477. The molecule has 0 unspecified atom stereocenters. The lowest BCUT2D eigenvalue weighted by Gasteiger charge is -1.99. The van der Waals surface area contributed by atoms with E-state index in [1.54, 1.807) is 25.1 Å². The van der Waals surface area contributed by atoms with E-state index in [-0.39, 0.29) is 12.3 Å². The number of oxazole rings is 1. The fourth-order valence-electron chi connectivity index (χ4n) is 1.46. The van der Waals surface area contributed by atoms with Crippen LogP contribution in [0.1, 0.15) is 11.7 Å². The van der Waals surface area contributed by atoms with E-state index in [9.17, 15) is 5.11 Å². The molecular weight excluding hydrogens is 192 g/mol. The fraction of sp³-hybridized carbons (Fsp3) is 0.182. The standard InChI is InChI=1S/C11H12N2O2/c1-7-11(13-10(6-12)15-7)8-4-2-3-5-9(8)14/h2-5,14H,6,12H2,1H3. The van der Waals surface area contributed by atoms with E-state index in [1.165, 1.54) is 0 Å². The van der Waals surface area contributed by atoms with Gasteiger partial charge in [0, 0.05) is 5.56 Å². The second-order valence-corrected chi connectivity index (χ2v) is 3.23. The summed E-state index contributed by atoms with van der Waals surface area (Å²) in [6, 6.07) is 7.01. The number of nitrogens with zero attached hydrogens (tertiary/aromatic N) is 1. The molecule has 0 spiro atoms. The van der Waals surface area contributed by atoms with Gasteiger partial charge in [0.1, 0.15) is 17.2 Å². The molecule has 1 aromatic heterocycles. The number of aromatic nitrogens is 1. The first kappa shape index (κ1) is 9.73. The zero-order valence-corrected chi connectivity index (χ0v) is 8.40. The van der Waals surface area contributed by atoms with Gasteiger partial charge in [0.15, 0.2) is 0 Å². The Kier molecular flexibility index (Phi) is 2.43. The number of nitrogens with two attached hydrogens (primary N) is 1. The number of rotatable bonds is 2. The normalized spacial score (nSPS) is 10.5. The molecule has 0 fully saturated rings. The number of para-hydroxylation sites is 1. The summed E-state index contributed by atoms with van der Waals surface area (Å²) in [5, 5.41) is 9.66. The maximum atomic E-state index is 9.66. The number of hydrogen-bond donors (Lipinski definition) is 2. The van der Waals surface area contributed by atoms with E-state index in [0.717, 1.165) is 0 Å². The van der Waals surface area contributed by atoms with E-state index in [4.69, 9.17) is 10.2 Å². The monoisotopic (exact) mass is 204 g/mol. The zero-order chi connectivity index (χ0) is 10.8. The molecule has 1 aromatic carbocycles. The minimum Gasteiger partial charge on any atom is -0.507 e. The number of hydrogen-bond acceptors (Lipinski definition) is 4. The quantitative estimate of drug-likeness (QED) is 0.782. The van der Waals surface area contributed by atoms with Gasteiger partial charge < -0.3 is 15.3 Å². The van der Waals surface area contributed by atoms with Crippen LogP contribution in [0, 0.1) is 6.92 Å². The lowest BCUT2D eigenvalue weighted by Crippen LogP contribution is -1.95. The van der Waals surface area contributed by atoms with Crippen LogP contribution >= 0.6 is 0 Å². The van der Waals surface area contributed by atoms with Gasteiger partial charge in [-0.15, -0.1) is 0 Å². The van der Waals surface area contributed by atoms with Gasteiger partial charge in [-0.1, -0.05) is 12.1 Å². The van der Waals surface area contributed by atoms with Gasteiger partial charge in [-0.3, -0.25) is 0 Å². The average Bonchev–Trinajstić information content (AvgIpc) is 2.60. The maximum absolute atomic E-state index is 9.66. The predicted octanol–water partition coefficient (Wildman–Crippen LogP) is 1.81. The molecule has 0 amide bonds. The molecule has 4 heteroatoms. The molecule has 0 aliphatic rings. The summed E-state index contributed by atoms with van der Waals surface area (Å²) >= 11 is 0. The third-order valence-electron chi connectivity index (χ3n) is 2.17. The number of phenolic OH excluding ortho intramolecular Hbond substituents is 1. The van der Waals surface area contributed by atoms with Gasteiger partial charge >= 0.3 is 0 Å². The Balaban J connectivity index is 2.54. The maximum Gasteiger partial charge on any atom is 0.208 e. The van der Waals surface area contributed by atoms with E-state index in [1.807, 2.05) is 6.07 Å². The number of aryl methyl sites for hydroxylation is 1. The first-order chi connectivity index (χ1) is 7.22. The van der Waals surface area contributed by atoms with Gasteiger partial charge in [0.05, 0.1) is 6.54 Å². The minimum atomic E-state index is 0.192. The summed E-state index contributed by atoms with van der Waals surface area (Å²) in [6.45, 7) is 2.06. The summed E-state index contributed by atoms with van der Waals surface area (Å²) in [5.74, 6) is 1.33. The van der Waals surface area contributed by atoms with Crippen molar-refractivity contribution in [2.45, 2.75) is 13.5 Å². The van der Waals surface area contributed by atoms with Gasteiger partial charge in [-0.05, 0) is 19.1 Å². The molecule has 2 rings (SSSR count). The largest absolute Gasteiger partial charge is 0.507 e. The Hall–Kier alpha value is -1.81. The Morgan fingerprint density at radius 2 is 2.13 bits per heavy atom. The first-order valence-electron chi connectivity index (χ1n) is 4.67. The predicted molar refractivity (Wildman–Crippen MR) is 56.2 cm³/mol. The van der Waals surface area contributed by atoms with E-state index < -0.39 is 0 Å². The molecule has 15 heavy (non-hydrogen) atoms. The van der Waals surface area contributed by atoms with Crippen LogP contribution in [-0.2, 0) is 6.54 Å². The zero-order valence-electron chi connectivity index (χ0n) is 8.40. The molecule has 0 aliphatic carbocycles. The van der Waals surface area contributed by atoms with Crippen molar-refractivity contribution in [3.63, 3.8) is 0 Å². The van der Waals surface area contributed by atoms with Gasteiger partial charge in [0.2, 0.25) is 5.89 Å². The van der Waals surface area contributed by atoms with Crippen molar-refractivity contribution in [1.82, 2.24) is 4.98 Å². The molecule has 0 bridgehead atoms. The molecule has 0 radical (unpaired) electrons. The van der Waals surface area contributed by atoms with Crippen LogP contribution < -0.4 is 5.73 Å². The number of phenols is 1. The van der Waals surface area contributed by atoms with Gasteiger partial charge in [0.25, 0.3) is 0 Å². The number of aromatic hydroxyl groups is 1. The van der Waals surface area contributed by atoms with Crippen molar-refractivity contribution in [3.05, 3.63) is 35.9 Å². The van der Waals surface area contributed by atoms with Crippen LogP contribution in [0.5, 0.6) is 5.75 Å². The van der Waals surface area contributed by atoms with Crippen LogP contribution in [0.25, 0.3) is 11.3 Å². The van der Waals surface area contributed by atoms with Gasteiger partial charge in [-0.2, -0.15) is 0 Å². The van der Waals surface area contributed by atoms with E-state index in [2.05, 4.69) is 4.98 Å². The molecule has 2 aromatic rings. The van der Waals surface area contributed by atoms with Crippen LogP contribution in [0.4, 0.5) is 0 Å². The first-order valence-corrected chi connectivity index (χ1v) is 4.67. The van der Waals surface area contributed by atoms with Crippen molar-refractivity contribution in [3.8, 4) is 17.0 Å². The third kappa shape index (κ3) is 1.71. The Morgan fingerprint density at radius 3 is 2.73 bits per heavy atom. The lowest BCUT2D eigenvalue weighted by atomic mass is 10.1. The summed E-state index contributed by atoms with van der Waals surface area (Å²) < 4.78 is 5.33. The molecule has 1 heterocycles. The molecular formula is C11H12N2O2. The second-order valence-electron chi connectivity index (χ2n) is 3.23. The van der Waals surface area contributed by atoms with Crippen LogP contribution in [-0.4, -0.2) is 10.1 Å². The second kappa shape index (κ2) is 3.74. The molecule has 0 saturated heterocycles. The van der Waals surface area contributed by atoms with Crippen molar-refractivity contribution in [2.75, 3.05) is 0 Å². The van der Waals surface area contributed by atoms with Crippen molar-refractivity contribution >= 4 is 0 Å². The molecule has 0 atom stereocenters. The number of benzene rings is 1. The van der Waals surface area contributed by atoms with E-state index in [0.29, 0.717) is 22.9 Å². The molecule has 78 valence electrons. The molecule has 4 nitrogen and oxygen atoms in total. The lowest BCUT2D eigenvalue weighted by molar-refractivity contribution is 0.472.